The summed E-state index contributed by atoms with van der Waals surface area (Å²) in [6.45, 7) is 2.85. The van der Waals surface area contributed by atoms with E-state index in [0.717, 1.165) is 23.8 Å². The molecule has 1 aromatic heterocycles. The van der Waals surface area contributed by atoms with Gasteiger partial charge >= 0.3 is 0 Å². The maximum atomic E-state index is 9.36. The SMILES string of the molecule is C[C@@H](O)c1ccc(N(C)CC2CC2)nc1. The molecule has 82 valence electrons. The van der Waals surface area contributed by atoms with Crippen LogP contribution >= 0.6 is 0 Å². The molecule has 1 heterocycles. The summed E-state index contributed by atoms with van der Waals surface area (Å²) in [5, 5.41) is 9.36. The van der Waals surface area contributed by atoms with E-state index in [4.69, 9.17) is 0 Å². The summed E-state index contributed by atoms with van der Waals surface area (Å²) < 4.78 is 0. The van der Waals surface area contributed by atoms with Crippen LogP contribution < -0.4 is 4.90 Å². The zero-order valence-electron chi connectivity index (χ0n) is 9.35. The van der Waals surface area contributed by atoms with Gasteiger partial charge in [-0.3, -0.25) is 0 Å². The maximum absolute atomic E-state index is 9.36. The van der Waals surface area contributed by atoms with E-state index in [1.807, 2.05) is 12.1 Å². The number of rotatable bonds is 4. The van der Waals surface area contributed by atoms with Crippen LogP contribution in [0.4, 0.5) is 5.82 Å². The Morgan fingerprint density at radius 1 is 1.53 bits per heavy atom. The molecule has 0 radical (unpaired) electrons. The molecular formula is C12H18N2O. The van der Waals surface area contributed by atoms with E-state index in [1.54, 1.807) is 13.1 Å². The molecule has 0 saturated heterocycles. The van der Waals surface area contributed by atoms with Crippen LogP contribution in [0.1, 0.15) is 31.4 Å². The molecule has 1 saturated carbocycles. The highest BCUT2D eigenvalue weighted by Gasteiger charge is 2.23. The molecule has 1 atom stereocenters. The fourth-order valence-electron chi connectivity index (χ4n) is 1.65. The van der Waals surface area contributed by atoms with Crippen molar-refractivity contribution in [2.45, 2.75) is 25.9 Å². The number of anilines is 1. The first kappa shape index (κ1) is 10.4. The van der Waals surface area contributed by atoms with Crippen molar-refractivity contribution in [3.05, 3.63) is 23.9 Å². The van der Waals surface area contributed by atoms with Crippen molar-refractivity contribution >= 4 is 5.82 Å². The zero-order valence-corrected chi connectivity index (χ0v) is 9.35. The summed E-state index contributed by atoms with van der Waals surface area (Å²) in [5.74, 6) is 1.86. The lowest BCUT2D eigenvalue weighted by Crippen LogP contribution is -2.20. The Bertz CT molecular complexity index is 317. The Kier molecular flexibility index (Phi) is 2.91. The number of nitrogens with zero attached hydrogens (tertiary/aromatic N) is 2. The van der Waals surface area contributed by atoms with Crippen LogP contribution in [0.5, 0.6) is 0 Å². The van der Waals surface area contributed by atoms with Crippen molar-refractivity contribution in [3.8, 4) is 0 Å². The maximum Gasteiger partial charge on any atom is 0.128 e. The van der Waals surface area contributed by atoms with Crippen LogP contribution in [0.3, 0.4) is 0 Å². The predicted molar refractivity (Wildman–Crippen MR) is 60.9 cm³/mol. The fourth-order valence-corrected chi connectivity index (χ4v) is 1.65. The van der Waals surface area contributed by atoms with Crippen LogP contribution in [-0.2, 0) is 0 Å². The van der Waals surface area contributed by atoms with Gasteiger partial charge < -0.3 is 10.0 Å². The zero-order chi connectivity index (χ0) is 10.8. The van der Waals surface area contributed by atoms with E-state index in [-0.39, 0.29) is 0 Å². The number of hydrogen-bond acceptors (Lipinski definition) is 3. The summed E-state index contributed by atoms with van der Waals surface area (Å²) in [4.78, 5) is 6.53. The molecule has 3 heteroatoms. The summed E-state index contributed by atoms with van der Waals surface area (Å²) in [7, 11) is 2.07. The molecular weight excluding hydrogens is 188 g/mol. The first-order chi connectivity index (χ1) is 7.16. The van der Waals surface area contributed by atoms with Crippen molar-refractivity contribution in [2.75, 3.05) is 18.5 Å². The summed E-state index contributed by atoms with van der Waals surface area (Å²) in [5.41, 5.74) is 0.874. The molecule has 1 fully saturated rings. The minimum absolute atomic E-state index is 0.430. The van der Waals surface area contributed by atoms with Gasteiger partial charge in [0, 0.05) is 19.8 Å². The molecule has 0 aromatic carbocycles. The number of aromatic nitrogens is 1. The van der Waals surface area contributed by atoms with Crippen molar-refractivity contribution in [3.63, 3.8) is 0 Å². The third-order valence-electron chi connectivity index (χ3n) is 2.87. The Morgan fingerprint density at radius 3 is 2.73 bits per heavy atom. The monoisotopic (exact) mass is 206 g/mol. The van der Waals surface area contributed by atoms with E-state index < -0.39 is 6.10 Å². The molecule has 2 rings (SSSR count). The second kappa shape index (κ2) is 4.19. The fraction of sp³-hybridized carbons (Fsp3) is 0.583. The normalized spacial score (nSPS) is 17.5. The summed E-state index contributed by atoms with van der Waals surface area (Å²) >= 11 is 0. The highest BCUT2D eigenvalue weighted by atomic mass is 16.3. The third-order valence-corrected chi connectivity index (χ3v) is 2.87. The summed E-state index contributed by atoms with van der Waals surface area (Å²) in [6.07, 6.45) is 4.04. The largest absolute Gasteiger partial charge is 0.389 e. The molecule has 0 unspecified atom stereocenters. The molecule has 1 aliphatic rings. The van der Waals surface area contributed by atoms with Gasteiger partial charge in [0.1, 0.15) is 5.82 Å². The lowest BCUT2D eigenvalue weighted by molar-refractivity contribution is 0.199. The predicted octanol–water partition coefficient (Wildman–Crippen LogP) is 1.98. The molecule has 0 aliphatic heterocycles. The smallest absolute Gasteiger partial charge is 0.128 e. The average Bonchev–Trinajstić information content (AvgIpc) is 3.02. The van der Waals surface area contributed by atoms with Crippen LogP contribution in [-0.4, -0.2) is 23.7 Å². The second-order valence-corrected chi connectivity index (χ2v) is 4.45. The van der Waals surface area contributed by atoms with E-state index in [1.165, 1.54) is 12.8 Å². The van der Waals surface area contributed by atoms with Crippen LogP contribution in [0.15, 0.2) is 18.3 Å². The standard InChI is InChI=1S/C12H18N2O/c1-9(15)11-5-6-12(13-7-11)14(2)8-10-3-4-10/h5-7,9-10,15H,3-4,8H2,1-2H3/t9-/m1/s1. The van der Waals surface area contributed by atoms with Gasteiger partial charge in [-0.1, -0.05) is 6.07 Å². The number of aliphatic hydroxyl groups is 1. The summed E-state index contributed by atoms with van der Waals surface area (Å²) in [6, 6.07) is 3.92. The number of aliphatic hydroxyl groups excluding tert-OH is 1. The van der Waals surface area contributed by atoms with E-state index >= 15 is 0 Å². The third kappa shape index (κ3) is 2.69. The van der Waals surface area contributed by atoms with Crippen molar-refractivity contribution in [2.24, 2.45) is 5.92 Å². The van der Waals surface area contributed by atoms with Gasteiger partial charge in [-0.2, -0.15) is 0 Å². The van der Waals surface area contributed by atoms with Crippen LogP contribution in [0, 0.1) is 5.92 Å². The Balaban J connectivity index is 2.01. The van der Waals surface area contributed by atoms with Gasteiger partial charge in [-0.15, -0.1) is 0 Å². The lowest BCUT2D eigenvalue weighted by Gasteiger charge is -2.18. The van der Waals surface area contributed by atoms with Crippen molar-refractivity contribution < 1.29 is 5.11 Å². The van der Waals surface area contributed by atoms with Crippen molar-refractivity contribution in [1.82, 2.24) is 4.98 Å². The number of pyridine rings is 1. The van der Waals surface area contributed by atoms with Gasteiger partial charge in [-0.25, -0.2) is 4.98 Å². The highest BCUT2D eigenvalue weighted by molar-refractivity contribution is 5.38. The molecule has 1 aliphatic carbocycles. The average molecular weight is 206 g/mol. The van der Waals surface area contributed by atoms with Crippen molar-refractivity contribution in [1.29, 1.82) is 0 Å². The second-order valence-electron chi connectivity index (χ2n) is 4.45. The van der Waals surface area contributed by atoms with E-state index in [9.17, 15) is 5.11 Å². The van der Waals surface area contributed by atoms with E-state index in [0.29, 0.717) is 0 Å². The molecule has 1 N–H and O–H groups in total. The van der Waals surface area contributed by atoms with Gasteiger partial charge in [0.05, 0.1) is 6.10 Å². The Morgan fingerprint density at radius 2 is 2.27 bits per heavy atom. The lowest BCUT2D eigenvalue weighted by atomic mass is 10.2. The molecule has 0 amide bonds. The topological polar surface area (TPSA) is 36.4 Å². The molecule has 3 nitrogen and oxygen atoms in total. The first-order valence-electron chi connectivity index (χ1n) is 5.52. The van der Waals surface area contributed by atoms with Gasteiger partial charge in [0.2, 0.25) is 0 Å². The minimum Gasteiger partial charge on any atom is -0.389 e. The van der Waals surface area contributed by atoms with Gasteiger partial charge in [-0.05, 0) is 37.3 Å². The first-order valence-corrected chi connectivity index (χ1v) is 5.52. The number of hydrogen-bond donors (Lipinski definition) is 1. The van der Waals surface area contributed by atoms with Gasteiger partial charge in [0.25, 0.3) is 0 Å². The quantitative estimate of drug-likeness (QED) is 0.818. The molecule has 15 heavy (non-hydrogen) atoms. The Hall–Kier alpha value is -1.09. The highest BCUT2D eigenvalue weighted by Crippen LogP contribution is 2.30. The molecule has 0 spiro atoms. The molecule has 0 bridgehead atoms. The van der Waals surface area contributed by atoms with Crippen LogP contribution in [0.25, 0.3) is 0 Å². The minimum atomic E-state index is -0.430. The van der Waals surface area contributed by atoms with Gasteiger partial charge in [0.15, 0.2) is 0 Å². The van der Waals surface area contributed by atoms with Crippen LogP contribution in [0.2, 0.25) is 0 Å². The van der Waals surface area contributed by atoms with E-state index in [2.05, 4.69) is 16.9 Å². The molecule has 1 aromatic rings. The Labute approximate surface area is 90.8 Å².